The molecule has 0 saturated carbocycles. The van der Waals surface area contributed by atoms with Gasteiger partial charge in [0.05, 0.1) is 24.3 Å². The topological polar surface area (TPSA) is 67.1 Å². The highest BCUT2D eigenvalue weighted by molar-refractivity contribution is 7.99. The van der Waals surface area contributed by atoms with E-state index in [1.54, 1.807) is 6.20 Å². The number of thioether (sulfide) groups is 1. The molecule has 2 rings (SSSR count). The molecular weight excluding hydrogens is 310 g/mol. The van der Waals surface area contributed by atoms with Crippen LogP contribution in [0.1, 0.15) is 30.7 Å². The number of nitrogens with one attached hydrogen (secondary N) is 1. The number of amides is 1. The van der Waals surface area contributed by atoms with E-state index in [4.69, 9.17) is 0 Å². The number of carbonyl (C=O) groups is 1. The molecule has 6 heteroatoms. The number of rotatable bonds is 7. The van der Waals surface area contributed by atoms with Crippen molar-refractivity contribution in [3.63, 3.8) is 0 Å². The lowest BCUT2D eigenvalue weighted by atomic mass is 10.1. The number of hydrogen-bond acceptors (Lipinski definition) is 4. The Labute approximate surface area is 141 Å². The summed E-state index contributed by atoms with van der Waals surface area (Å²) < 4.78 is 1.96. The van der Waals surface area contributed by atoms with Crippen molar-refractivity contribution in [1.82, 2.24) is 14.9 Å². The van der Waals surface area contributed by atoms with Gasteiger partial charge in [-0.15, -0.1) is 0 Å². The van der Waals surface area contributed by atoms with E-state index in [9.17, 15) is 9.90 Å². The number of nitrogens with zero attached hydrogens (tertiary/aromatic N) is 2. The van der Waals surface area contributed by atoms with Crippen molar-refractivity contribution in [2.24, 2.45) is 0 Å². The van der Waals surface area contributed by atoms with E-state index < -0.39 is 0 Å². The summed E-state index contributed by atoms with van der Waals surface area (Å²) in [5.41, 5.74) is 3.09. The van der Waals surface area contributed by atoms with Gasteiger partial charge in [0.1, 0.15) is 0 Å². The zero-order valence-corrected chi connectivity index (χ0v) is 14.6. The first kappa shape index (κ1) is 17.6. The molecule has 0 aliphatic rings. The second-order valence-electron chi connectivity index (χ2n) is 5.77. The largest absolute Gasteiger partial charge is 0.390 e. The normalized spacial score (nSPS) is 11.0. The number of aliphatic hydroxyl groups excluding tert-OH is 1. The van der Waals surface area contributed by atoms with Crippen LogP contribution in [0.2, 0.25) is 0 Å². The molecule has 2 aromatic rings. The Kier molecular flexibility index (Phi) is 6.24. The summed E-state index contributed by atoms with van der Waals surface area (Å²) in [4.78, 5) is 16.1. The molecule has 2 N–H and O–H groups in total. The van der Waals surface area contributed by atoms with E-state index >= 15 is 0 Å². The third-order valence-corrected chi connectivity index (χ3v) is 4.30. The molecule has 0 aliphatic heterocycles. The Bertz CT molecular complexity index is 650. The third kappa shape index (κ3) is 5.11. The molecule has 0 bridgehead atoms. The van der Waals surface area contributed by atoms with Gasteiger partial charge in [0.2, 0.25) is 5.91 Å². The second kappa shape index (κ2) is 8.17. The van der Waals surface area contributed by atoms with Gasteiger partial charge in [-0.25, -0.2) is 4.98 Å². The molecule has 0 spiro atoms. The summed E-state index contributed by atoms with van der Waals surface area (Å²) in [5.74, 6) is 0.300. The summed E-state index contributed by atoms with van der Waals surface area (Å²) in [7, 11) is 0. The predicted octanol–water partition coefficient (Wildman–Crippen LogP) is 2.35. The van der Waals surface area contributed by atoms with Crippen LogP contribution in [0, 0.1) is 6.92 Å². The summed E-state index contributed by atoms with van der Waals surface area (Å²) in [5, 5.41) is 13.1. The number of carbonyl (C=O) groups excluding carboxylic acids is 1. The minimum atomic E-state index is -0.0718. The van der Waals surface area contributed by atoms with Gasteiger partial charge in [-0.1, -0.05) is 41.6 Å². The number of hydrogen-bond donors (Lipinski definition) is 2. The molecule has 1 aromatic carbocycles. The zero-order valence-electron chi connectivity index (χ0n) is 13.7. The van der Waals surface area contributed by atoms with Gasteiger partial charge in [-0.2, -0.15) is 0 Å². The fourth-order valence-electron chi connectivity index (χ4n) is 2.17. The number of benzene rings is 1. The number of imidazole rings is 1. The van der Waals surface area contributed by atoms with Crippen LogP contribution in [-0.4, -0.2) is 32.4 Å². The summed E-state index contributed by atoms with van der Waals surface area (Å²) in [6.07, 6.45) is 1.66. The van der Waals surface area contributed by atoms with E-state index in [2.05, 4.69) is 41.5 Å². The molecule has 0 unspecified atom stereocenters. The minimum absolute atomic E-state index is 0.0135. The van der Waals surface area contributed by atoms with Crippen molar-refractivity contribution in [3.05, 3.63) is 47.3 Å². The van der Waals surface area contributed by atoms with E-state index in [-0.39, 0.29) is 18.6 Å². The van der Waals surface area contributed by atoms with Crippen molar-refractivity contribution in [2.45, 2.75) is 45.1 Å². The fourth-order valence-corrected chi connectivity index (χ4v) is 2.98. The van der Waals surface area contributed by atoms with E-state index in [1.807, 2.05) is 18.4 Å². The SMILES string of the molecule is Cc1ccc(Cn2c(CO)cnc2SCC(=O)NC(C)C)cc1. The summed E-state index contributed by atoms with van der Waals surface area (Å²) >= 11 is 1.38. The van der Waals surface area contributed by atoms with Gasteiger partial charge < -0.3 is 15.0 Å². The molecule has 1 aromatic heterocycles. The van der Waals surface area contributed by atoms with Crippen LogP contribution in [0.4, 0.5) is 0 Å². The lowest BCUT2D eigenvalue weighted by Gasteiger charge is -2.12. The maximum Gasteiger partial charge on any atom is 0.230 e. The molecule has 124 valence electrons. The Hall–Kier alpha value is -1.79. The Morgan fingerprint density at radius 2 is 2.04 bits per heavy atom. The lowest BCUT2D eigenvalue weighted by molar-refractivity contribution is -0.119. The van der Waals surface area contributed by atoms with Gasteiger partial charge in [-0.3, -0.25) is 4.79 Å². The van der Waals surface area contributed by atoms with Crippen LogP contribution < -0.4 is 5.32 Å². The van der Waals surface area contributed by atoms with Crippen LogP contribution in [-0.2, 0) is 17.9 Å². The molecule has 0 fully saturated rings. The second-order valence-corrected chi connectivity index (χ2v) is 6.72. The molecule has 1 amide bonds. The molecule has 0 saturated heterocycles. The molecule has 23 heavy (non-hydrogen) atoms. The number of aromatic nitrogens is 2. The van der Waals surface area contributed by atoms with E-state index in [1.165, 1.54) is 17.3 Å². The highest BCUT2D eigenvalue weighted by Gasteiger charge is 2.13. The van der Waals surface area contributed by atoms with Crippen molar-refractivity contribution in [2.75, 3.05) is 5.75 Å². The average molecular weight is 333 g/mol. The molecule has 1 heterocycles. The first-order valence-corrected chi connectivity index (χ1v) is 8.61. The van der Waals surface area contributed by atoms with Gasteiger partial charge in [-0.05, 0) is 26.3 Å². The minimum Gasteiger partial charge on any atom is -0.390 e. The standard InChI is InChI=1S/C17H23N3O2S/c1-12(2)19-16(22)11-23-17-18-8-15(10-21)20(17)9-14-6-4-13(3)5-7-14/h4-8,12,21H,9-11H2,1-3H3,(H,19,22). The smallest absolute Gasteiger partial charge is 0.230 e. The van der Waals surface area contributed by atoms with Crippen LogP contribution in [0.25, 0.3) is 0 Å². The van der Waals surface area contributed by atoms with E-state index in [0.717, 1.165) is 16.4 Å². The highest BCUT2D eigenvalue weighted by atomic mass is 32.2. The van der Waals surface area contributed by atoms with Crippen molar-refractivity contribution < 1.29 is 9.90 Å². The number of aliphatic hydroxyl groups is 1. The van der Waals surface area contributed by atoms with Crippen molar-refractivity contribution >= 4 is 17.7 Å². The molecule has 0 radical (unpaired) electrons. The fraction of sp³-hybridized carbons (Fsp3) is 0.412. The average Bonchev–Trinajstić information content (AvgIpc) is 2.89. The molecule has 0 atom stereocenters. The Morgan fingerprint density at radius 3 is 2.65 bits per heavy atom. The van der Waals surface area contributed by atoms with Gasteiger partial charge in [0, 0.05) is 12.6 Å². The third-order valence-electron chi connectivity index (χ3n) is 3.31. The quantitative estimate of drug-likeness (QED) is 0.763. The zero-order chi connectivity index (χ0) is 16.8. The molecule has 0 aliphatic carbocycles. The lowest BCUT2D eigenvalue weighted by Crippen LogP contribution is -2.31. The Morgan fingerprint density at radius 1 is 1.35 bits per heavy atom. The van der Waals surface area contributed by atoms with Gasteiger partial charge >= 0.3 is 0 Å². The van der Waals surface area contributed by atoms with Gasteiger partial charge in [0.15, 0.2) is 5.16 Å². The molecular formula is C17H23N3O2S. The first-order valence-electron chi connectivity index (χ1n) is 7.62. The van der Waals surface area contributed by atoms with Crippen LogP contribution >= 0.6 is 11.8 Å². The monoisotopic (exact) mass is 333 g/mol. The summed E-state index contributed by atoms with van der Waals surface area (Å²) in [6.45, 7) is 6.48. The maximum absolute atomic E-state index is 11.8. The van der Waals surface area contributed by atoms with Crippen LogP contribution in [0.3, 0.4) is 0 Å². The molecule has 5 nitrogen and oxygen atoms in total. The van der Waals surface area contributed by atoms with Crippen molar-refractivity contribution in [3.8, 4) is 0 Å². The number of aryl methyl sites for hydroxylation is 1. The van der Waals surface area contributed by atoms with Crippen LogP contribution in [0.15, 0.2) is 35.6 Å². The van der Waals surface area contributed by atoms with Gasteiger partial charge in [0.25, 0.3) is 0 Å². The first-order chi connectivity index (χ1) is 11.0. The Balaban J connectivity index is 2.10. The van der Waals surface area contributed by atoms with Crippen molar-refractivity contribution in [1.29, 1.82) is 0 Å². The predicted molar refractivity (Wildman–Crippen MR) is 92.4 cm³/mol. The summed E-state index contributed by atoms with van der Waals surface area (Å²) in [6, 6.07) is 8.39. The van der Waals surface area contributed by atoms with Crippen LogP contribution in [0.5, 0.6) is 0 Å². The highest BCUT2D eigenvalue weighted by Crippen LogP contribution is 2.20. The maximum atomic E-state index is 11.8. The van der Waals surface area contributed by atoms with E-state index in [0.29, 0.717) is 12.3 Å².